The average molecular weight is 409 g/mol. The molecule has 1 aliphatic rings. The zero-order valence-corrected chi connectivity index (χ0v) is 15.2. The fourth-order valence-corrected chi connectivity index (χ4v) is 2.84. The Bertz CT molecular complexity index is 968. The number of ether oxygens (including phenoxy) is 3. The first kappa shape index (κ1) is 20.4. The minimum atomic E-state index is -2.05. The minimum absolute atomic E-state index is 0.254. The number of carbonyl (C=O) groups excluding carboxylic acids is 2. The van der Waals surface area contributed by atoms with E-state index in [0.29, 0.717) is 10.8 Å². The Kier molecular flexibility index (Phi) is 5.87. The summed E-state index contributed by atoms with van der Waals surface area (Å²) < 4.78 is 44.7. The van der Waals surface area contributed by atoms with Crippen LogP contribution in [0.25, 0.3) is 0 Å². The van der Waals surface area contributed by atoms with Gasteiger partial charge in [-0.1, -0.05) is 18.2 Å². The summed E-state index contributed by atoms with van der Waals surface area (Å²) in [5, 5.41) is 0. The van der Waals surface area contributed by atoms with Crippen molar-refractivity contribution in [3.05, 3.63) is 58.4 Å². The number of alkyl halides is 1. The molecule has 2 N–H and O–H groups in total. The number of anilines is 1. The number of carbonyl (C=O) groups is 2. The summed E-state index contributed by atoms with van der Waals surface area (Å²) in [7, 11) is 0. The fraction of sp³-hybridized carbons (Fsp3) is 0.333. The third-order valence-corrected chi connectivity index (χ3v) is 4.17. The fourth-order valence-electron chi connectivity index (χ4n) is 2.84. The summed E-state index contributed by atoms with van der Waals surface area (Å²) >= 11 is 0. The zero-order chi connectivity index (χ0) is 21.1. The first-order chi connectivity index (χ1) is 13.8. The maximum atomic E-state index is 14.9. The zero-order valence-electron chi connectivity index (χ0n) is 15.2. The molecule has 9 nitrogen and oxygen atoms in total. The molecule has 0 unspecified atom stereocenters. The molecule has 0 aliphatic carbocycles. The van der Waals surface area contributed by atoms with Crippen molar-refractivity contribution in [2.24, 2.45) is 0 Å². The van der Waals surface area contributed by atoms with Gasteiger partial charge in [-0.15, -0.1) is 0 Å². The van der Waals surface area contributed by atoms with E-state index < -0.39 is 60.5 Å². The van der Waals surface area contributed by atoms with Gasteiger partial charge in [-0.05, 0) is 12.1 Å². The first-order valence-electron chi connectivity index (χ1n) is 8.51. The topological polar surface area (TPSA) is 123 Å². The van der Waals surface area contributed by atoms with Crippen LogP contribution >= 0.6 is 0 Å². The van der Waals surface area contributed by atoms with E-state index in [4.69, 9.17) is 19.9 Å². The molecule has 0 amide bonds. The Hall–Kier alpha value is -3.34. The third-order valence-electron chi connectivity index (χ3n) is 4.17. The van der Waals surface area contributed by atoms with E-state index in [1.165, 1.54) is 12.1 Å². The van der Waals surface area contributed by atoms with Crippen LogP contribution in [0.15, 0.2) is 41.3 Å². The molecular formula is C18H17F2N3O6. The van der Waals surface area contributed by atoms with Crippen LogP contribution in [-0.4, -0.2) is 46.5 Å². The lowest BCUT2D eigenvalue weighted by atomic mass is 10.1. The van der Waals surface area contributed by atoms with E-state index in [0.717, 1.165) is 6.92 Å². The molecule has 11 heteroatoms. The van der Waals surface area contributed by atoms with Crippen molar-refractivity contribution < 1.29 is 32.6 Å². The minimum Gasteiger partial charge on any atom is -0.459 e. The van der Waals surface area contributed by atoms with Gasteiger partial charge in [0.2, 0.25) is 0 Å². The van der Waals surface area contributed by atoms with Gasteiger partial charge >= 0.3 is 17.6 Å². The van der Waals surface area contributed by atoms with Crippen molar-refractivity contribution in [2.75, 3.05) is 12.3 Å². The van der Waals surface area contributed by atoms with Crippen LogP contribution < -0.4 is 11.4 Å². The molecule has 4 atom stereocenters. The number of hydrogen-bond acceptors (Lipinski definition) is 8. The Labute approximate surface area is 163 Å². The summed E-state index contributed by atoms with van der Waals surface area (Å²) in [4.78, 5) is 38.7. The number of nitrogens with two attached hydrogens (primary N) is 1. The van der Waals surface area contributed by atoms with Gasteiger partial charge in [0.15, 0.2) is 30.1 Å². The van der Waals surface area contributed by atoms with Crippen molar-refractivity contribution in [3.8, 4) is 0 Å². The Morgan fingerprint density at radius 1 is 1.31 bits per heavy atom. The molecule has 2 aromatic rings. The highest BCUT2D eigenvalue weighted by molar-refractivity contribution is 5.89. The Morgan fingerprint density at radius 3 is 2.66 bits per heavy atom. The van der Waals surface area contributed by atoms with Crippen molar-refractivity contribution in [2.45, 2.75) is 31.5 Å². The van der Waals surface area contributed by atoms with Crippen molar-refractivity contribution in [3.63, 3.8) is 0 Å². The van der Waals surface area contributed by atoms with E-state index in [2.05, 4.69) is 4.98 Å². The summed E-state index contributed by atoms with van der Waals surface area (Å²) in [6.07, 6.45) is -5.80. The van der Waals surface area contributed by atoms with Crippen LogP contribution in [0.2, 0.25) is 0 Å². The van der Waals surface area contributed by atoms with Gasteiger partial charge in [-0.2, -0.15) is 4.98 Å². The predicted octanol–water partition coefficient (Wildman–Crippen LogP) is 0.989. The van der Waals surface area contributed by atoms with E-state index in [9.17, 15) is 23.2 Å². The third kappa shape index (κ3) is 4.40. The molecule has 1 fully saturated rings. The molecular weight excluding hydrogens is 392 g/mol. The monoisotopic (exact) mass is 409 g/mol. The van der Waals surface area contributed by atoms with Crippen LogP contribution in [0.1, 0.15) is 23.5 Å². The molecule has 0 radical (unpaired) electrons. The number of rotatable bonds is 5. The summed E-state index contributed by atoms with van der Waals surface area (Å²) in [6.45, 7) is 0.589. The highest BCUT2D eigenvalue weighted by atomic mass is 19.1. The number of esters is 2. The second-order valence-corrected chi connectivity index (χ2v) is 6.21. The van der Waals surface area contributed by atoms with E-state index in [1.54, 1.807) is 18.2 Å². The van der Waals surface area contributed by atoms with Crippen LogP contribution in [0.4, 0.5) is 14.6 Å². The summed E-state index contributed by atoms with van der Waals surface area (Å²) in [5.41, 5.74) is 4.42. The SMILES string of the molecule is CC(=O)O[C@H]1[C@H](F)[C@H](n2cc(F)c(N)nc2=O)O[C@@H]1COC(=O)c1ccccc1. The number of nitrogens with zero attached hydrogens (tertiary/aromatic N) is 2. The molecule has 0 spiro atoms. The first-order valence-corrected chi connectivity index (χ1v) is 8.51. The predicted molar refractivity (Wildman–Crippen MR) is 94.0 cm³/mol. The maximum Gasteiger partial charge on any atom is 0.351 e. The second kappa shape index (κ2) is 8.35. The Morgan fingerprint density at radius 2 is 2.00 bits per heavy atom. The van der Waals surface area contributed by atoms with E-state index >= 15 is 0 Å². The van der Waals surface area contributed by atoms with Crippen molar-refractivity contribution >= 4 is 17.8 Å². The van der Waals surface area contributed by atoms with Gasteiger partial charge in [0, 0.05) is 6.92 Å². The molecule has 3 rings (SSSR count). The van der Waals surface area contributed by atoms with Crippen molar-refractivity contribution in [1.82, 2.24) is 9.55 Å². The molecule has 154 valence electrons. The molecule has 29 heavy (non-hydrogen) atoms. The van der Waals surface area contributed by atoms with Crippen LogP contribution in [0.5, 0.6) is 0 Å². The maximum absolute atomic E-state index is 14.9. The lowest BCUT2D eigenvalue weighted by molar-refractivity contribution is -0.152. The molecule has 1 aromatic carbocycles. The van der Waals surface area contributed by atoms with Gasteiger partial charge in [0.1, 0.15) is 12.7 Å². The number of aromatic nitrogens is 2. The molecule has 1 aliphatic heterocycles. The van der Waals surface area contributed by atoms with Crippen molar-refractivity contribution in [1.29, 1.82) is 0 Å². The average Bonchev–Trinajstić information content (AvgIpc) is 2.98. The standard InChI is InChI=1S/C18H17F2N3O6/c1-9(24)28-14-12(8-27-17(25)10-5-3-2-4-6-10)29-16(13(14)20)23-7-11(19)15(21)22-18(23)26/h2-7,12-14,16H,8H2,1H3,(H2,21,22,26)/t12-,13+,14-,16-/m1/s1. The van der Waals surface area contributed by atoms with Gasteiger partial charge < -0.3 is 19.9 Å². The number of nitrogen functional groups attached to an aromatic ring is 1. The lowest BCUT2D eigenvalue weighted by Crippen LogP contribution is -2.37. The summed E-state index contributed by atoms with van der Waals surface area (Å²) in [5.74, 6) is -3.21. The lowest BCUT2D eigenvalue weighted by Gasteiger charge is -2.18. The molecule has 0 saturated carbocycles. The van der Waals surface area contributed by atoms with E-state index in [1.807, 2.05) is 0 Å². The van der Waals surface area contributed by atoms with Crippen LogP contribution in [0.3, 0.4) is 0 Å². The van der Waals surface area contributed by atoms with Gasteiger partial charge in [-0.25, -0.2) is 18.4 Å². The highest BCUT2D eigenvalue weighted by Crippen LogP contribution is 2.33. The van der Waals surface area contributed by atoms with Crippen LogP contribution in [-0.2, 0) is 19.0 Å². The normalized spacial score (nSPS) is 23.6. The number of benzene rings is 1. The molecule has 0 bridgehead atoms. The van der Waals surface area contributed by atoms with Gasteiger partial charge in [-0.3, -0.25) is 9.36 Å². The highest BCUT2D eigenvalue weighted by Gasteiger charge is 2.49. The van der Waals surface area contributed by atoms with Crippen LogP contribution in [0, 0.1) is 5.82 Å². The number of halogens is 2. The van der Waals surface area contributed by atoms with E-state index in [-0.39, 0.29) is 5.56 Å². The molecule has 1 aromatic heterocycles. The molecule has 1 saturated heterocycles. The van der Waals surface area contributed by atoms with Gasteiger partial charge in [0.25, 0.3) is 0 Å². The Balaban J connectivity index is 1.80. The number of hydrogen-bond donors (Lipinski definition) is 1. The quantitative estimate of drug-likeness (QED) is 0.726. The largest absolute Gasteiger partial charge is 0.459 e. The summed E-state index contributed by atoms with van der Waals surface area (Å²) in [6, 6.07) is 8.01. The molecule has 2 heterocycles. The second-order valence-electron chi connectivity index (χ2n) is 6.21. The van der Waals surface area contributed by atoms with Gasteiger partial charge in [0.05, 0.1) is 11.8 Å². The smallest absolute Gasteiger partial charge is 0.351 e.